The first-order chi connectivity index (χ1) is 7.59. The first-order valence-corrected chi connectivity index (χ1v) is 7.25. The average Bonchev–Trinajstić information content (AvgIpc) is 2.24. The molecule has 3 nitrogen and oxygen atoms in total. The minimum absolute atomic E-state index is 0.329. The Hall–Kier alpha value is -0.220. The van der Waals surface area contributed by atoms with Crippen LogP contribution in [0.4, 0.5) is 0 Å². The fourth-order valence-electron chi connectivity index (χ4n) is 1.91. The van der Waals surface area contributed by atoms with Crippen LogP contribution < -0.4 is 0 Å². The fourth-order valence-corrected chi connectivity index (χ4v) is 2.91. The zero-order chi connectivity index (χ0) is 12.0. The van der Waals surface area contributed by atoms with Crippen LogP contribution in [0.15, 0.2) is 0 Å². The van der Waals surface area contributed by atoms with Crippen LogP contribution in [-0.4, -0.2) is 60.9 Å². The lowest BCUT2D eigenvalue weighted by molar-refractivity contribution is -0.130. The van der Waals surface area contributed by atoms with Gasteiger partial charge in [0.15, 0.2) is 0 Å². The molecule has 0 N–H and O–H groups in total. The summed E-state index contributed by atoms with van der Waals surface area (Å²) in [6, 6.07) is 0. The van der Waals surface area contributed by atoms with Crippen LogP contribution in [-0.2, 0) is 4.79 Å². The van der Waals surface area contributed by atoms with Gasteiger partial charge in [0, 0.05) is 25.4 Å². The molecule has 1 unspecified atom stereocenters. The Morgan fingerprint density at radius 3 is 2.88 bits per heavy atom. The number of piperidine rings is 1. The second-order valence-electron chi connectivity index (χ2n) is 4.94. The highest BCUT2D eigenvalue weighted by atomic mass is 32.2. The molecule has 0 aromatic carbocycles. The molecule has 16 heavy (non-hydrogen) atoms. The van der Waals surface area contributed by atoms with Crippen molar-refractivity contribution in [2.24, 2.45) is 5.92 Å². The molecule has 1 aliphatic heterocycles. The summed E-state index contributed by atoms with van der Waals surface area (Å²) in [5, 5.41) is 0. The molecule has 0 aromatic rings. The predicted molar refractivity (Wildman–Crippen MR) is 70.9 cm³/mol. The highest BCUT2D eigenvalue weighted by Gasteiger charge is 2.20. The highest BCUT2D eigenvalue weighted by molar-refractivity contribution is 7.99. The summed E-state index contributed by atoms with van der Waals surface area (Å²) in [5.41, 5.74) is 0. The number of hydrogen-bond acceptors (Lipinski definition) is 3. The molecule has 0 bridgehead atoms. The van der Waals surface area contributed by atoms with Crippen LogP contribution in [0.25, 0.3) is 0 Å². The molecular formula is C12H24N2OS. The Kier molecular flexibility index (Phi) is 6.21. The van der Waals surface area contributed by atoms with Gasteiger partial charge in [0.2, 0.25) is 5.91 Å². The number of carbonyl (C=O) groups is 1. The number of carbonyl (C=O) groups excluding carboxylic acids is 1. The molecule has 1 amide bonds. The maximum Gasteiger partial charge on any atom is 0.232 e. The molecule has 0 saturated carbocycles. The van der Waals surface area contributed by atoms with Crippen LogP contribution in [0, 0.1) is 5.92 Å². The number of hydrogen-bond donors (Lipinski definition) is 0. The van der Waals surface area contributed by atoms with Crippen molar-refractivity contribution in [1.82, 2.24) is 9.80 Å². The zero-order valence-corrected chi connectivity index (χ0v) is 11.6. The topological polar surface area (TPSA) is 23.6 Å². The molecule has 1 fully saturated rings. The molecule has 94 valence electrons. The Morgan fingerprint density at radius 2 is 2.25 bits per heavy atom. The summed E-state index contributed by atoms with van der Waals surface area (Å²) in [6.07, 6.45) is 2.45. The fraction of sp³-hybridized carbons (Fsp3) is 0.917. The van der Waals surface area contributed by atoms with Crippen molar-refractivity contribution in [3.8, 4) is 0 Å². The average molecular weight is 244 g/mol. The highest BCUT2D eigenvalue weighted by Crippen LogP contribution is 2.16. The Morgan fingerprint density at radius 1 is 1.50 bits per heavy atom. The molecule has 0 aliphatic carbocycles. The largest absolute Gasteiger partial charge is 0.342 e. The van der Waals surface area contributed by atoms with E-state index < -0.39 is 0 Å². The van der Waals surface area contributed by atoms with Crippen LogP contribution in [0.1, 0.15) is 19.8 Å². The lowest BCUT2D eigenvalue weighted by Crippen LogP contribution is -2.40. The quantitative estimate of drug-likeness (QED) is 0.685. The van der Waals surface area contributed by atoms with Crippen molar-refractivity contribution in [1.29, 1.82) is 0 Å². The van der Waals surface area contributed by atoms with Gasteiger partial charge in [0.1, 0.15) is 0 Å². The van der Waals surface area contributed by atoms with Crippen molar-refractivity contribution in [2.45, 2.75) is 19.8 Å². The molecule has 1 rings (SSSR count). The van der Waals surface area contributed by atoms with Crippen molar-refractivity contribution in [2.75, 3.05) is 45.2 Å². The van der Waals surface area contributed by atoms with Gasteiger partial charge in [0.05, 0.1) is 5.75 Å². The van der Waals surface area contributed by atoms with E-state index >= 15 is 0 Å². The van der Waals surface area contributed by atoms with Gasteiger partial charge in [-0.3, -0.25) is 4.79 Å². The number of rotatable bonds is 5. The molecule has 0 aromatic heterocycles. The van der Waals surface area contributed by atoms with E-state index in [1.54, 1.807) is 11.8 Å². The summed E-state index contributed by atoms with van der Waals surface area (Å²) in [4.78, 5) is 16.1. The van der Waals surface area contributed by atoms with Gasteiger partial charge in [-0.1, -0.05) is 6.92 Å². The van der Waals surface area contributed by atoms with Crippen LogP contribution in [0.2, 0.25) is 0 Å². The van der Waals surface area contributed by atoms with E-state index in [0.717, 1.165) is 25.4 Å². The standard InChI is InChI=1S/C12H24N2OS/c1-11-5-4-6-14(9-11)12(15)10-16-8-7-13(2)3/h11H,4-10H2,1-3H3. The van der Waals surface area contributed by atoms with Crippen LogP contribution in [0.3, 0.4) is 0 Å². The van der Waals surface area contributed by atoms with Gasteiger partial charge in [0.25, 0.3) is 0 Å². The van der Waals surface area contributed by atoms with E-state index in [1.165, 1.54) is 12.8 Å². The molecule has 1 aliphatic rings. The van der Waals surface area contributed by atoms with Crippen molar-refractivity contribution in [3.05, 3.63) is 0 Å². The van der Waals surface area contributed by atoms with Gasteiger partial charge in [-0.2, -0.15) is 11.8 Å². The number of likely N-dealkylation sites (tertiary alicyclic amines) is 1. The molecule has 1 saturated heterocycles. The summed E-state index contributed by atoms with van der Waals surface area (Å²) in [5.74, 6) is 2.71. The first kappa shape index (κ1) is 13.8. The third-order valence-electron chi connectivity index (χ3n) is 2.92. The second kappa shape index (κ2) is 7.17. The van der Waals surface area contributed by atoms with Gasteiger partial charge in [-0.15, -0.1) is 0 Å². The molecule has 0 spiro atoms. The van der Waals surface area contributed by atoms with E-state index in [0.29, 0.717) is 17.6 Å². The number of thioether (sulfide) groups is 1. The molecule has 0 radical (unpaired) electrons. The maximum absolute atomic E-state index is 11.9. The lowest BCUT2D eigenvalue weighted by Gasteiger charge is -2.30. The smallest absolute Gasteiger partial charge is 0.232 e. The zero-order valence-electron chi connectivity index (χ0n) is 10.7. The first-order valence-electron chi connectivity index (χ1n) is 6.10. The van der Waals surface area contributed by atoms with Gasteiger partial charge in [-0.05, 0) is 32.9 Å². The number of nitrogens with zero attached hydrogens (tertiary/aromatic N) is 2. The molecular weight excluding hydrogens is 220 g/mol. The molecule has 1 heterocycles. The van der Waals surface area contributed by atoms with E-state index in [4.69, 9.17) is 0 Å². The minimum Gasteiger partial charge on any atom is -0.342 e. The predicted octanol–water partition coefficient (Wildman–Crippen LogP) is 1.54. The van der Waals surface area contributed by atoms with E-state index in [-0.39, 0.29) is 0 Å². The van der Waals surface area contributed by atoms with Crippen LogP contribution in [0.5, 0.6) is 0 Å². The lowest BCUT2D eigenvalue weighted by atomic mass is 10.0. The Balaban J connectivity index is 2.14. The third-order valence-corrected chi connectivity index (χ3v) is 3.84. The summed E-state index contributed by atoms with van der Waals surface area (Å²) < 4.78 is 0. The van der Waals surface area contributed by atoms with Gasteiger partial charge in [-0.25, -0.2) is 0 Å². The van der Waals surface area contributed by atoms with Crippen molar-refractivity contribution < 1.29 is 4.79 Å². The van der Waals surface area contributed by atoms with E-state index in [1.807, 2.05) is 4.90 Å². The monoisotopic (exact) mass is 244 g/mol. The SMILES string of the molecule is CC1CCCN(C(=O)CSCCN(C)C)C1. The number of amides is 1. The summed E-state index contributed by atoms with van der Waals surface area (Å²) in [6.45, 7) is 5.22. The maximum atomic E-state index is 11.9. The summed E-state index contributed by atoms with van der Waals surface area (Å²) >= 11 is 1.75. The Bertz CT molecular complexity index is 221. The van der Waals surface area contributed by atoms with Crippen molar-refractivity contribution in [3.63, 3.8) is 0 Å². The Labute approximate surface area is 104 Å². The summed E-state index contributed by atoms with van der Waals surface area (Å²) in [7, 11) is 4.13. The normalized spacial score (nSPS) is 21.5. The minimum atomic E-state index is 0.329. The van der Waals surface area contributed by atoms with E-state index in [2.05, 4.69) is 25.9 Å². The third kappa shape index (κ3) is 5.21. The second-order valence-corrected chi connectivity index (χ2v) is 6.05. The molecule has 1 atom stereocenters. The van der Waals surface area contributed by atoms with Gasteiger partial charge >= 0.3 is 0 Å². The molecule has 4 heteroatoms. The van der Waals surface area contributed by atoms with Gasteiger partial charge < -0.3 is 9.80 Å². The van der Waals surface area contributed by atoms with E-state index in [9.17, 15) is 4.79 Å². The van der Waals surface area contributed by atoms with Crippen LogP contribution >= 0.6 is 11.8 Å². The van der Waals surface area contributed by atoms with Crippen molar-refractivity contribution >= 4 is 17.7 Å².